The van der Waals surface area contributed by atoms with Crippen molar-refractivity contribution in [1.82, 2.24) is 10.3 Å². The molecule has 1 aliphatic rings. The average Bonchev–Trinajstić information content (AvgIpc) is 2.49. The molecule has 1 N–H and O–H groups in total. The first-order valence-corrected chi connectivity index (χ1v) is 7.79. The molecule has 0 bridgehead atoms. The van der Waals surface area contributed by atoms with E-state index < -0.39 is 0 Å². The Labute approximate surface area is 117 Å². The fourth-order valence-electron chi connectivity index (χ4n) is 2.72. The third-order valence-electron chi connectivity index (χ3n) is 3.90. The SMILES string of the molecule is CCCNC(CC)c1ccc(N2CCCCC2)cn1. The zero-order valence-electron chi connectivity index (χ0n) is 12.4. The van der Waals surface area contributed by atoms with Crippen LogP contribution in [0.3, 0.4) is 0 Å². The van der Waals surface area contributed by atoms with Gasteiger partial charge in [0.2, 0.25) is 0 Å². The lowest BCUT2D eigenvalue weighted by molar-refractivity contribution is 0.507. The number of nitrogens with one attached hydrogen (secondary N) is 1. The molecule has 0 saturated carbocycles. The number of aromatic nitrogens is 1. The van der Waals surface area contributed by atoms with Crippen molar-refractivity contribution in [3.05, 3.63) is 24.0 Å². The first-order chi connectivity index (χ1) is 9.35. The van der Waals surface area contributed by atoms with Crippen LogP contribution in [0.1, 0.15) is 57.7 Å². The summed E-state index contributed by atoms with van der Waals surface area (Å²) in [5, 5.41) is 3.56. The van der Waals surface area contributed by atoms with Gasteiger partial charge in [-0.1, -0.05) is 13.8 Å². The molecule has 0 aliphatic carbocycles. The van der Waals surface area contributed by atoms with E-state index in [9.17, 15) is 0 Å². The van der Waals surface area contributed by atoms with E-state index in [1.54, 1.807) is 0 Å². The highest BCUT2D eigenvalue weighted by Gasteiger charge is 2.13. The highest BCUT2D eigenvalue weighted by molar-refractivity contribution is 5.45. The van der Waals surface area contributed by atoms with Crippen LogP contribution in [0.15, 0.2) is 18.3 Å². The number of hydrogen-bond acceptors (Lipinski definition) is 3. The number of anilines is 1. The van der Waals surface area contributed by atoms with Crippen molar-refractivity contribution in [1.29, 1.82) is 0 Å². The monoisotopic (exact) mass is 261 g/mol. The summed E-state index contributed by atoms with van der Waals surface area (Å²) in [6, 6.07) is 4.83. The molecule has 3 nitrogen and oxygen atoms in total. The molecular formula is C16H27N3. The summed E-state index contributed by atoms with van der Waals surface area (Å²) in [5.41, 5.74) is 2.46. The van der Waals surface area contributed by atoms with Gasteiger partial charge in [0, 0.05) is 19.1 Å². The third kappa shape index (κ3) is 3.93. The Morgan fingerprint density at radius 2 is 2.00 bits per heavy atom. The largest absolute Gasteiger partial charge is 0.370 e. The summed E-state index contributed by atoms with van der Waals surface area (Å²) < 4.78 is 0. The standard InChI is InChI=1S/C16H27N3/c1-3-10-17-15(4-2)16-9-8-14(13-18-16)19-11-6-5-7-12-19/h8-9,13,15,17H,3-7,10-12H2,1-2H3. The molecule has 1 aromatic rings. The molecule has 0 aromatic carbocycles. The minimum absolute atomic E-state index is 0.398. The van der Waals surface area contributed by atoms with Gasteiger partial charge in [-0.05, 0) is 50.8 Å². The first-order valence-electron chi connectivity index (χ1n) is 7.79. The lowest BCUT2D eigenvalue weighted by Crippen LogP contribution is -2.29. The molecule has 1 unspecified atom stereocenters. The fraction of sp³-hybridized carbons (Fsp3) is 0.688. The van der Waals surface area contributed by atoms with E-state index in [-0.39, 0.29) is 0 Å². The minimum Gasteiger partial charge on any atom is -0.370 e. The van der Waals surface area contributed by atoms with Gasteiger partial charge in [0.15, 0.2) is 0 Å². The molecule has 2 heterocycles. The molecule has 1 atom stereocenters. The molecule has 1 aliphatic heterocycles. The Balaban J connectivity index is 1.99. The predicted octanol–water partition coefficient (Wildman–Crippen LogP) is 3.52. The molecule has 1 saturated heterocycles. The smallest absolute Gasteiger partial charge is 0.0574 e. The maximum Gasteiger partial charge on any atom is 0.0574 e. The molecule has 0 radical (unpaired) electrons. The lowest BCUT2D eigenvalue weighted by Gasteiger charge is -2.28. The Morgan fingerprint density at radius 3 is 2.58 bits per heavy atom. The second kappa shape index (κ2) is 7.49. The maximum absolute atomic E-state index is 4.67. The molecule has 1 aromatic heterocycles. The van der Waals surface area contributed by atoms with Crippen molar-refractivity contribution in [2.24, 2.45) is 0 Å². The van der Waals surface area contributed by atoms with E-state index in [2.05, 4.69) is 47.4 Å². The predicted molar refractivity (Wildman–Crippen MR) is 81.6 cm³/mol. The number of pyridine rings is 1. The molecule has 0 spiro atoms. The number of piperidine rings is 1. The molecule has 2 rings (SSSR count). The summed E-state index contributed by atoms with van der Waals surface area (Å²) >= 11 is 0. The average molecular weight is 261 g/mol. The molecule has 19 heavy (non-hydrogen) atoms. The highest BCUT2D eigenvalue weighted by Crippen LogP contribution is 2.21. The van der Waals surface area contributed by atoms with Gasteiger partial charge in [0.05, 0.1) is 17.6 Å². The van der Waals surface area contributed by atoms with Crippen molar-refractivity contribution >= 4 is 5.69 Å². The molecule has 0 amide bonds. The van der Waals surface area contributed by atoms with Crippen LogP contribution in [0.4, 0.5) is 5.69 Å². The van der Waals surface area contributed by atoms with Crippen LogP contribution in [0.5, 0.6) is 0 Å². The van der Waals surface area contributed by atoms with E-state index in [0.717, 1.165) is 13.0 Å². The van der Waals surface area contributed by atoms with Gasteiger partial charge in [-0.3, -0.25) is 4.98 Å². The number of rotatable bonds is 6. The van der Waals surface area contributed by atoms with Gasteiger partial charge in [0.25, 0.3) is 0 Å². The van der Waals surface area contributed by atoms with E-state index in [4.69, 9.17) is 0 Å². The van der Waals surface area contributed by atoms with Crippen molar-refractivity contribution in [2.75, 3.05) is 24.5 Å². The lowest BCUT2D eigenvalue weighted by atomic mass is 10.1. The summed E-state index contributed by atoms with van der Waals surface area (Å²) in [6.45, 7) is 7.85. The van der Waals surface area contributed by atoms with Crippen LogP contribution in [-0.2, 0) is 0 Å². The minimum atomic E-state index is 0.398. The summed E-state index contributed by atoms with van der Waals surface area (Å²) in [4.78, 5) is 7.13. The Morgan fingerprint density at radius 1 is 1.21 bits per heavy atom. The number of nitrogens with zero attached hydrogens (tertiary/aromatic N) is 2. The summed E-state index contributed by atoms with van der Waals surface area (Å²) in [5.74, 6) is 0. The van der Waals surface area contributed by atoms with Crippen LogP contribution in [-0.4, -0.2) is 24.6 Å². The van der Waals surface area contributed by atoms with Gasteiger partial charge < -0.3 is 10.2 Å². The van der Waals surface area contributed by atoms with Crippen LogP contribution in [0.25, 0.3) is 0 Å². The quantitative estimate of drug-likeness (QED) is 0.849. The van der Waals surface area contributed by atoms with E-state index in [1.165, 1.54) is 50.2 Å². The van der Waals surface area contributed by atoms with Crippen LogP contribution in [0, 0.1) is 0 Å². The van der Waals surface area contributed by atoms with Gasteiger partial charge in [-0.15, -0.1) is 0 Å². The zero-order chi connectivity index (χ0) is 13.5. The van der Waals surface area contributed by atoms with Crippen molar-refractivity contribution in [3.63, 3.8) is 0 Å². The topological polar surface area (TPSA) is 28.2 Å². The Kier molecular flexibility index (Phi) is 5.64. The van der Waals surface area contributed by atoms with Gasteiger partial charge in [-0.25, -0.2) is 0 Å². The highest BCUT2D eigenvalue weighted by atomic mass is 15.1. The first kappa shape index (κ1) is 14.3. The zero-order valence-corrected chi connectivity index (χ0v) is 12.4. The fourth-order valence-corrected chi connectivity index (χ4v) is 2.72. The second-order valence-corrected chi connectivity index (χ2v) is 5.40. The maximum atomic E-state index is 4.67. The van der Waals surface area contributed by atoms with Crippen molar-refractivity contribution in [2.45, 2.75) is 52.0 Å². The summed E-state index contributed by atoms with van der Waals surface area (Å²) in [7, 11) is 0. The normalized spacial score (nSPS) is 17.5. The van der Waals surface area contributed by atoms with Crippen LogP contribution < -0.4 is 10.2 Å². The van der Waals surface area contributed by atoms with Crippen LogP contribution in [0.2, 0.25) is 0 Å². The second-order valence-electron chi connectivity index (χ2n) is 5.40. The van der Waals surface area contributed by atoms with Gasteiger partial charge >= 0.3 is 0 Å². The molecule has 1 fully saturated rings. The Hall–Kier alpha value is -1.09. The van der Waals surface area contributed by atoms with Gasteiger partial charge in [-0.2, -0.15) is 0 Å². The summed E-state index contributed by atoms with van der Waals surface area (Å²) in [6.07, 6.45) is 8.32. The third-order valence-corrected chi connectivity index (χ3v) is 3.90. The van der Waals surface area contributed by atoms with E-state index >= 15 is 0 Å². The van der Waals surface area contributed by atoms with E-state index in [0.29, 0.717) is 6.04 Å². The van der Waals surface area contributed by atoms with E-state index in [1.807, 2.05) is 0 Å². The van der Waals surface area contributed by atoms with Crippen LogP contribution >= 0.6 is 0 Å². The molecular weight excluding hydrogens is 234 g/mol. The van der Waals surface area contributed by atoms with Crippen molar-refractivity contribution in [3.8, 4) is 0 Å². The van der Waals surface area contributed by atoms with Crippen molar-refractivity contribution < 1.29 is 0 Å². The molecule has 106 valence electrons. The molecule has 3 heteroatoms. The van der Waals surface area contributed by atoms with Gasteiger partial charge in [0.1, 0.15) is 0 Å². The Bertz CT molecular complexity index is 355. The number of hydrogen-bond donors (Lipinski definition) is 1.